The average Bonchev–Trinajstić information content (AvgIpc) is 2.28. The quantitative estimate of drug-likeness (QED) is 0.826. The van der Waals surface area contributed by atoms with Gasteiger partial charge in [-0.05, 0) is 48.7 Å². The first-order valence-corrected chi connectivity index (χ1v) is 6.02. The fraction of sp³-hybridized carbons (Fsp3) is 0.571. The monoisotopic (exact) mass is 237 g/mol. The number of rotatable bonds is 5. The van der Waals surface area contributed by atoms with E-state index in [9.17, 15) is 5.11 Å². The Balaban J connectivity index is 3.19. The number of likely N-dealkylation sites (N-methyl/N-ethyl adjacent to an activating group) is 1. The van der Waals surface area contributed by atoms with Gasteiger partial charge >= 0.3 is 0 Å². The highest BCUT2D eigenvalue weighted by Crippen LogP contribution is 2.32. The molecule has 2 N–H and O–H groups in total. The maximum atomic E-state index is 10.0. The van der Waals surface area contributed by atoms with Crippen LogP contribution in [0.25, 0.3) is 0 Å². The molecule has 0 saturated carbocycles. The van der Waals surface area contributed by atoms with Crippen LogP contribution in [0.3, 0.4) is 0 Å². The molecule has 3 heteroatoms. The number of aliphatic hydroxyl groups excluding tert-OH is 1. The third kappa shape index (κ3) is 3.20. The Morgan fingerprint density at radius 1 is 1.35 bits per heavy atom. The summed E-state index contributed by atoms with van der Waals surface area (Å²) in [5, 5.41) is 13.0. The smallest absolute Gasteiger partial charge is 0.125 e. The zero-order valence-corrected chi connectivity index (χ0v) is 11.4. The van der Waals surface area contributed by atoms with E-state index in [0.717, 1.165) is 22.4 Å². The van der Waals surface area contributed by atoms with Gasteiger partial charge in [0.2, 0.25) is 0 Å². The normalized spacial score (nSPS) is 12.9. The molecule has 17 heavy (non-hydrogen) atoms. The molecule has 0 spiro atoms. The maximum absolute atomic E-state index is 10.0. The molecule has 1 rings (SSSR count). The van der Waals surface area contributed by atoms with E-state index in [2.05, 4.69) is 19.2 Å². The SMILES string of the molecule is CNCC(O)c1cc(C)c(OC)c(C(C)C)c1. The number of benzene rings is 1. The molecule has 1 atom stereocenters. The van der Waals surface area contributed by atoms with Gasteiger partial charge in [-0.1, -0.05) is 13.8 Å². The van der Waals surface area contributed by atoms with Crippen LogP contribution in [0.15, 0.2) is 12.1 Å². The number of hydrogen-bond acceptors (Lipinski definition) is 3. The molecule has 0 radical (unpaired) electrons. The van der Waals surface area contributed by atoms with Gasteiger partial charge in [0, 0.05) is 6.54 Å². The predicted octanol–water partition coefficient (Wildman–Crippen LogP) is 2.38. The van der Waals surface area contributed by atoms with Crippen molar-refractivity contribution in [2.75, 3.05) is 20.7 Å². The van der Waals surface area contributed by atoms with Gasteiger partial charge in [-0.25, -0.2) is 0 Å². The lowest BCUT2D eigenvalue weighted by Gasteiger charge is -2.19. The minimum absolute atomic E-state index is 0.380. The molecule has 1 unspecified atom stereocenters. The Morgan fingerprint density at radius 2 is 2.00 bits per heavy atom. The second-order valence-electron chi connectivity index (χ2n) is 4.69. The van der Waals surface area contributed by atoms with Crippen molar-refractivity contribution in [1.29, 1.82) is 0 Å². The standard InChI is InChI=1S/C14H23NO2/c1-9(2)12-7-11(13(16)8-15-4)6-10(3)14(12)17-5/h6-7,9,13,15-16H,8H2,1-5H3. The topological polar surface area (TPSA) is 41.5 Å². The Hall–Kier alpha value is -1.06. The zero-order chi connectivity index (χ0) is 13.0. The van der Waals surface area contributed by atoms with Crippen molar-refractivity contribution in [3.63, 3.8) is 0 Å². The minimum Gasteiger partial charge on any atom is -0.496 e. The van der Waals surface area contributed by atoms with Crippen LogP contribution in [0.1, 0.15) is 42.6 Å². The van der Waals surface area contributed by atoms with Crippen LogP contribution in [0, 0.1) is 6.92 Å². The van der Waals surface area contributed by atoms with Crippen molar-refractivity contribution in [3.05, 3.63) is 28.8 Å². The Bertz CT molecular complexity index is 375. The second kappa shape index (κ2) is 6.03. The first-order chi connectivity index (χ1) is 8.01. The van der Waals surface area contributed by atoms with Crippen molar-refractivity contribution >= 4 is 0 Å². The van der Waals surface area contributed by atoms with Crippen molar-refractivity contribution in [1.82, 2.24) is 5.32 Å². The van der Waals surface area contributed by atoms with E-state index in [4.69, 9.17) is 4.74 Å². The van der Waals surface area contributed by atoms with Crippen LogP contribution < -0.4 is 10.1 Å². The Labute approximate surface area is 104 Å². The van der Waals surface area contributed by atoms with Crippen molar-refractivity contribution in [3.8, 4) is 5.75 Å². The fourth-order valence-corrected chi connectivity index (χ4v) is 2.04. The summed E-state index contributed by atoms with van der Waals surface area (Å²) in [4.78, 5) is 0. The van der Waals surface area contributed by atoms with Gasteiger partial charge in [0.25, 0.3) is 0 Å². The van der Waals surface area contributed by atoms with Crippen LogP contribution in [0.5, 0.6) is 5.75 Å². The van der Waals surface area contributed by atoms with Gasteiger partial charge in [0.15, 0.2) is 0 Å². The highest BCUT2D eigenvalue weighted by molar-refractivity contribution is 5.46. The molecular formula is C14H23NO2. The molecule has 0 bridgehead atoms. The summed E-state index contributed by atoms with van der Waals surface area (Å²) in [6.07, 6.45) is -0.470. The highest BCUT2D eigenvalue weighted by Gasteiger charge is 2.15. The molecule has 0 heterocycles. The predicted molar refractivity (Wildman–Crippen MR) is 70.7 cm³/mol. The van der Waals surface area contributed by atoms with Gasteiger partial charge in [-0.2, -0.15) is 0 Å². The number of hydrogen-bond donors (Lipinski definition) is 2. The highest BCUT2D eigenvalue weighted by atomic mass is 16.5. The molecule has 3 nitrogen and oxygen atoms in total. The summed E-state index contributed by atoms with van der Waals surface area (Å²) in [6, 6.07) is 4.03. The van der Waals surface area contributed by atoms with Crippen LogP contribution >= 0.6 is 0 Å². The number of nitrogens with one attached hydrogen (secondary N) is 1. The van der Waals surface area contributed by atoms with Crippen molar-refractivity contribution < 1.29 is 9.84 Å². The lowest BCUT2D eigenvalue weighted by molar-refractivity contribution is 0.177. The average molecular weight is 237 g/mol. The van der Waals surface area contributed by atoms with E-state index in [0.29, 0.717) is 12.5 Å². The molecule has 0 aliphatic heterocycles. The van der Waals surface area contributed by atoms with Crippen LogP contribution in [-0.2, 0) is 0 Å². The first kappa shape index (κ1) is 14.0. The lowest BCUT2D eigenvalue weighted by atomic mass is 9.94. The van der Waals surface area contributed by atoms with Crippen molar-refractivity contribution in [2.45, 2.75) is 32.8 Å². The molecule has 1 aromatic carbocycles. The fourth-order valence-electron chi connectivity index (χ4n) is 2.04. The molecular weight excluding hydrogens is 214 g/mol. The molecule has 0 saturated heterocycles. The largest absolute Gasteiger partial charge is 0.496 e. The van der Waals surface area contributed by atoms with Gasteiger partial charge < -0.3 is 15.2 Å². The minimum atomic E-state index is -0.470. The van der Waals surface area contributed by atoms with E-state index < -0.39 is 6.10 Å². The molecule has 0 fully saturated rings. The van der Waals surface area contributed by atoms with E-state index in [1.54, 1.807) is 7.11 Å². The van der Waals surface area contributed by atoms with Crippen LogP contribution in [0.2, 0.25) is 0 Å². The summed E-state index contributed by atoms with van der Waals surface area (Å²) in [7, 11) is 3.53. The van der Waals surface area contributed by atoms with E-state index in [1.807, 2.05) is 26.1 Å². The van der Waals surface area contributed by atoms with Crippen LogP contribution in [-0.4, -0.2) is 25.8 Å². The molecule has 0 amide bonds. The second-order valence-corrected chi connectivity index (χ2v) is 4.69. The first-order valence-electron chi connectivity index (χ1n) is 6.02. The summed E-state index contributed by atoms with van der Waals surface area (Å²) < 4.78 is 5.43. The van der Waals surface area contributed by atoms with Gasteiger partial charge in [-0.15, -0.1) is 0 Å². The molecule has 96 valence electrons. The summed E-state index contributed by atoms with van der Waals surface area (Å²) in [5.74, 6) is 1.31. The number of aryl methyl sites for hydroxylation is 1. The molecule has 0 aliphatic carbocycles. The zero-order valence-electron chi connectivity index (χ0n) is 11.4. The summed E-state index contributed by atoms with van der Waals surface area (Å²) in [5.41, 5.74) is 3.17. The third-order valence-corrected chi connectivity index (χ3v) is 2.93. The third-order valence-electron chi connectivity index (χ3n) is 2.93. The van der Waals surface area contributed by atoms with E-state index in [-0.39, 0.29) is 0 Å². The lowest BCUT2D eigenvalue weighted by Crippen LogP contribution is -2.17. The molecule has 0 aliphatic rings. The maximum Gasteiger partial charge on any atom is 0.125 e. The summed E-state index contributed by atoms with van der Waals surface area (Å²) in [6.45, 7) is 6.83. The molecule has 1 aromatic rings. The van der Waals surface area contributed by atoms with E-state index in [1.165, 1.54) is 0 Å². The number of aliphatic hydroxyl groups is 1. The van der Waals surface area contributed by atoms with E-state index >= 15 is 0 Å². The van der Waals surface area contributed by atoms with Gasteiger partial charge in [0.05, 0.1) is 13.2 Å². The van der Waals surface area contributed by atoms with Gasteiger partial charge in [0.1, 0.15) is 5.75 Å². The van der Waals surface area contributed by atoms with Crippen molar-refractivity contribution in [2.24, 2.45) is 0 Å². The Morgan fingerprint density at radius 3 is 2.47 bits per heavy atom. The number of methoxy groups -OCH3 is 1. The molecule has 0 aromatic heterocycles. The Kier molecular flexibility index (Phi) is 4.97. The summed E-state index contributed by atoms with van der Waals surface area (Å²) >= 11 is 0. The van der Waals surface area contributed by atoms with Crippen LogP contribution in [0.4, 0.5) is 0 Å². The number of ether oxygens (including phenoxy) is 1. The van der Waals surface area contributed by atoms with Gasteiger partial charge in [-0.3, -0.25) is 0 Å².